The van der Waals surface area contributed by atoms with Crippen molar-refractivity contribution in [3.63, 3.8) is 0 Å². The first-order valence-electron chi connectivity index (χ1n) is 6.61. The van der Waals surface area contributed by atoms with Crippen molar-refractivity contribution >= 4 is 5.69 Å². The molecule has 0 bridgehead atoms. The smallest absolute Gasteiger partial charge is 0.420 e. The molecule has 0 N–H and O–H groups in total. The average molecular weight is 329 g/mol. The number of ether oxygens (including phenoxy) is 1. The molecule has 0 saturated heterocycles. The van der Waals surface area contributed by atoms with Crippen LogP contribution in [0.5, 0.6) is 5.75 Å². The second kappa shape index (κ2) is 5.48. The fourth-order valence-electron chi connectivity index (χ4n) is 2.03. The Morgan fingerprint density at radius 3 is 2.74 bits per heavy atom. The summed E-state index contributed by atoms with van der Waals surface area (Å²) in [5.41, 5.74) is -1.87. The van der Waals surface area contributed by atoms with Gasteiger partial charge in [-0.05, 0) is 29.3 Å². The lowest BCUT2D eigenvalue weighted by Crippen LogP contribution is -2.12. The van der Waals surface area contributed by atoms with Crippen LogP contribution in [0.2, 0.25) is 0 Å². The van der Waals surface area contributed by atoms with E-state index in [1.54, 1.807) is 0 Å². The molecule has 1 saturated carbocycles. The summed E-state index contributed by atoms with van der Waals surface area (Å²) in [4.78, 5) is 9.73. The number of rotatable bonds is 5. The molecule has 2 aromatic rings. The van der Waals surface area contributed by atoms with Gasteiger partial charge >= 0.3 is 6.18 Å². The molecule has 3 rings (SSSR count). The van der Waals surface area contributed by atoms with E-state index in [2.05, 4.69) is 15.5 Å². The lowest BCUT2D eigenvalue weighted by Gasteiger charge is -2.13. The highest BCUT2D eigenvalue weighted by Crippen LogP contribution is 2.39. The van der Waals surface area contributed by atoms with Crippen molar-refractivity contribution in [2.24, 2.45) is 0 Å². The Labute approximate surface area is 127 Å². The molecule has 1 fully saturated rings. The van der Waals surface area contributed by atoms with E-state index >= 15 is 0 Å². The van der Waals surface area contributed by atoms with Gasteiger partial charge in [-0.15, -0.1) is 5.10 Å². The zero-order valence-corrected chi connectivity index (χ0v) is 11.5. The highest BCUT2D eigenvalue weighted by atomic mass is 19.4. The van der Waals surface area contributed by atoms with E-state index in [4.69, 9.17) is 4.74 Å². The first-order valence-corrected chi connectivity index (χ1v) is 6.61. The van der Waals surface area contributed by atoms with Crippen LogP contribution in [0.25, 0.3) is 0 Å². The predicted molar refractivity (Wildman–Crippen MR) is 68.5 cm³/mol. The van der Waals surface area contributed by atoms with Gasteiger partial charge in [0.1, 0.15) is 17.9 Å². The predicted octanol–water partition coefficient (Wildman–Crippen LogP) is 2.51. The van der Waals surface area contributed by atoms with Crippen molar-refractivity contribution in [2.75, 3.05) is 0 Å². The molecule has 1 aromatic carbocycles. The van der Waals surface area contributed by atoms with Gasteiger partial charge in [0.2, 0.25) is 0 Å². The van der Waals surface area contributed by atoms with Crippen molar-refractivity contribution in [1.29, 1.82) is 0 Å². The molecular weight excluding hydrogens is 319 g/mol. The zero-order valence-electron chi connectivity index (χ0n) is 11.5. The minimum absolute atomic E-state index is 0.155. The van der Waals surface area contributed by atoms with E-state index in [9.17, 15) is 23.3 Å². The van der Waals surface area contributed by atoms with Gasteiger partial charge in [0.15, 0.2) is 5.82 Å². The molecule has 0 radical (unpaired) electrons. The van der Waals surface area contributed by atoms with Crippen LogP contribution in [-0.4, -0.2) is 25.1 Å². The molecular formula is C12H10F3N5O3. The van der Waals surface area contributed by atoms with Gasteiger partial charge in [0, 0.05) is 12.1 Å². The number of nitro benzene ring substituents is 1. The number of benzene rings is 1. The molecule has 1 aliphatic carbocycles. The fourth-order valence-corrected chi connectivity index (χ4v) is 2.03. The van der Waals surface area contributed by atoms with Gasteiger partial charge < -0.3 is 4.74 Å². The number of non-ortho nitro benzene ring substituents is 1. The van der Waals surface area contributed by atoms with Crippen LogP contribution >= 0.6 is 0 Å². The molecule has 1 aromatic heterocycles. The van der Waals surface area contributed by atoms with E-state index in [0.717, 1.165) is 25.0 Å². The Morgan fingerprint density at radius 1 is 1.39 bits per heavy atom. The third kappa shape index (κ3) is 3.22. The molecule has 122 valence electrons. The van der Waals surface area contributed by atoms with Crippen molar-refractivity contribution < 1.29 is 22.8 Å². The molecule has 0 unspecified atom stereocenters. The number of hydrogen-bond acceptors (Lipinski definition) is 6. The molecule has 0 aliphatic heterocycles. The third-order valence-corrected chi connectivity index (χ3v) is 3.29. The summed E-state index contributed by atoms with van der Waals surface area (Å²) in [7, 11) is 0. The van der Waals surface area contributed by atoms with Gasteiger partial charge in [-0.25, -0.2) is 4.68 Å². The summed E-state index contributed by atoms with van der Waals surface area (Å²) in [6.45, 7) is -0.260. The van der Waals surface area contributed by atoms with Crippen LogP contribution in [0, 0.1) is 10.1 Å². The van der Waals surface area contributed by atoms with Gasteiger partial charge in [0.25, 0.3) is 5.69 Å². The molecule has 23 heavy (non-hydrogen) atoms. The van der Waals surface area contributed by atoms with Gasteiger partial charge in [-0.3, -0.25) is 10.1 Å². The Hall–Kier alpha value is -2.72. The largest absolute Gasteiger partial charge is 0.485 e. The van der Waals surface area contributed by atoms with E-state index in [-0.39, 0.29) is 12.6 Å². The maximum absolute atomic E-state index is 13.0. The number of nitro groups is 1. The van der Waals surface area contributed by atoms with Crippen LogP contribution in [0.4, 0.5) is 18.9 Å². The highest BCUT2D eigenvalue weighted by Gasteiger charge is 2.36. The van der Waals surface area contributed by atoms with Crippen LogP contribution in [-0.2, 0) is 12.8 Å². The van der Waals surface area contributed by atoms with Crippen LogP contribution < -0.4 is 4.74 Å². The number of nitrogens with zero attached hydrogens (tertiary/aromatic N) is 5. The molecule has 11 heteroatoms. The summed E-state index contributed by atoms with van der Waals surface area (Å²) >= 11 is 0. The van der Waals surface area contributed by atoms with Gasteiger partial charge in [-0.1, -0.05) is 0 Å². The monoisotopic (exact) mass is 329 g/mol. The molecule has 0 amide bonds. The lowest BCUT2D eigenvalue weighted by atomic mass is 10.1. The minimum atomic E-state index is -4.77. The van der Waals surface area contributed by atoms with Crippen molar-refractivity contribution in [2.45, 2.75) is 31.7 Å². The number of aromatic nitrogens is 4. The Balaban J connectivity index is 1.84. The fraction of sp³-hybridized carbons (Fsp3) is 0.417. The summed E-state index contributed by atoms with van der Waals surface area (Å²) in [6, 6.07) is 2.47. The van der Waals surface area contributed by atoms with E-state index in [1.165, 1.54) is 4.68 Å². The Kier molecular flexibility index (Phi) is 3.62. The van der Waals surface area contributed by atoms with Crippen molar-refractivity contribution in [3.8, 4) is 5.75 Å². The molecule has 1 aliphatic rings. The third-order valence-electron chi connectivity index (χ3n) is 3.29. The average Bonchev–Trinajstić information content (AvgIpc) is 3.22. The summed E-state index contributed by atoms with van der Waals surface area (Å²) in [5, 5.41) is 21.6. The van der Waals surface area contributed by atoms with Gasteiger partial charge in [-0.2, -0.15) is 13.2 Å². The number of hydrogen-bond donors (Lipinski definition) is 0. The second-order valence-corrected chi connectivity index (χ2v) is 4.99. The van der Waals surface area contributed by atoms with Gasteiger partial charge in [0.05, 0.1) is 11.0 Å². The summed E-state index contributed by atoms with van der Waals surface area (Å²) in [5.74, 6) is -0.201. The first-order chi connectivity index (χ1) is 10.9. The molecule has 0 spiro atoms. The van der Waals surface area contributed by atoms with Crippen LogP contribution in [0.3, 0.4) is 0 Å². The first kappa shape index (κ1) is 15.2. The molecule has 8 nitrogen and oxygen atoms in total. The van der Waals surface area contributed by atoms with E-state index in [0.29, 0.717) is 11.9 Å². The van der Waals surface area contributed by atoms with E-state index in [1.807, 2.05) is 0 Å². The number of halogens is 3. The number of alkyl halides is 3. The Bertz CT molecular complexity index is 742. The molecule has 1 heterocycles. The van der Waals surface area contributed by atoms with Crippen molar-refractivity contribution in [3.05, 3.63) is 39.7 Å². The van der Waals surface area contributed by atoms with Crippen LogP contribution in [0.1, 0.15) is 30.3 Å². The highest BCUT2D eigenvalue weighted by molar-refractivity contribution is 5.45. The SMILES string of the molecule is O=[N+]([O-])c1ccc(OCc2nnnn2C2CC2)c(C(F)(F)F)c1. The topological polar surface area (TPSA) is 96.0 Å². The summed E-state index contributed by atoms with van der Waals surface area (Å²) in [6.07, 6.45) is -2.96. The standard InChI is InChI=1S/C12H10F3N5O3/c13-12(14,15)9-5-8(20(21)22)3-4-10(9)23-6-11-16-17-18-19(11)7-1-2-7/h3-5,7H,1-2,6H2. The maximum atomic E-state index is 13.0. The minimum Gasteiger partial charge on any atom is -0.485 e. The normalized spacial score (nSPS) is 14.7. The Morgan fingerprint density at radius 2 is 2.13 bits per heavy atom. The summed E-state index contributed by atoms with van der Waals surface area (Å²) < 4.78 is 45.7. The molecule has 0 atom stereocenters. The van der Waals surface area contributed by atoms with E-state index < -0.39 is 28.1 Å². The lowest BCUT2D eigenvalue weighted by molar-refractivity contribution is -0.385. The number of tetrazole rings is 1. The second-order valence-electron chi connectivity index (χ2n) is 4.99. The van der Waals surface area contributed by atoms with Crippen LogP contribution in [0.15, 0.2) is 18.2 Å². The zero-order chi connectivity index (χ0) is 16.6. The van der Waals surface area contributed by atoms with Crippen molar-refractivity contribution in [1.82, 2.24) is 20.2 Å². The maximum Gasteiger partial charge on any atom is 0.420 e. The quantitative estimate of drug-likeness (QED) is 0.618.